The van der Waals surface area contributed by atoms with Crippen molar-refractivity contribution in [1.82, 2.24) is 10.2 Å². The number of amides is 2. The van der Waals surface area contributed by atoms with E-state index in [1.807, 2.05) is 31.2 Å². The maximum atomic E-state index is 13.2. The van der Waals surface area contributed by atoms with E-state index in [0.717, 1.165) is 21.7 Å². The van der Waals surface area contributed by atoms with Crippen molar-refractivity contribution >= 4 is 39.1 Å². The van der Waals surface area contributed by atoms with E-state index in [1.165, 1.54) is 24.1 Å². The van der Waals surface area contributed by atoms with Crippen molar-refractivity contribution in [2.75, 3.05) is 24.2 Å². The van der Waals surface area contributed by atoms with E-state index in [1.54, 1.807) is 19.1 Å². The normalized spacial score (nSPS) is 12.2. The van der Waals surface area contributed by atoms with Crippen molar-refractivity contribution in [3.8, 4) is 0 Å². The molecule has 0 saturated heterocycles. The molecular formula is C21H26ClN3O4S. The largest absolute Gasteiger partial charge is 0.357 e. The third-order valence-corrected chi connectivity index (χ3v) is 6.04. The molecule has 0 aliphatic rings. The third kappa shape index (κ3) is 6.21. The highest BCUT2D eigenvalue weighted by Gasteiger charge is 2.29. The third-order valence-electron chi connectivity index (χ3n) is 4.64. The van der Waals surface area contributed by atoms with Gasteiger partial charge in [0.2, 0.25) is 21.8 Å². The summed E-state index contributed by atoms with van der Waals surface area (Å²) in [5.74, 6) is -0.832. The topological polar surface area (TPSA) is 86.8 Å². The van der Waals surface area contributed by atoms with Gasteiger partial charge in [-0.25, -0.2) is 8.42 Å². The van der Waals surface area contributed by atoms with Crippen LogP contribution in [0, 0.1) is 6.92 Å². The van der Waals surface area contributed by atoms with E-state index >= 15 is 0 Å². The number of aryl methyl sites for hydroxylation is 1. The highest BCUT2D eigenvalue weighted by atomic mass is 35.5. The molecule has 9 heteroatoms. The van der Waals surface area contributed by atoms with E-state index in [2.05, 4.69) is 5.32 Å². The standard InChI is InChI=1S/C21H26ClN3O4S/c1-15-6-5-7-17(12-15)13-24(16(2)21(27)23-3)20(26)14-25(30(4,28)29)19-10-8-18(22)9-11-19/h5-12,16H,13-14H2,1-4H3,(H,23,27). The number of carbonyl (C=O) groups excluding carboxylic acids is 2. The van der Waals surface area contributed by atoms with Crippen molar-refractivity contribution in [1.29, 1.82) is 0 Å². The first-order valence-electron chi connectivity index (χ1n) is 9.33. The van der Waals surface area contributed by atoms with Crippen LogP contribution in [0.15, 0.2) is 48.5 Å². The van der Waals surface area contributed by atoms with Gasteiger partial charge in [-0.1, -0.05) is 41.4 Å². The van der Waals surface area contributed by atoms with Gasteiger partial charge < -0.3 is 10.2 Å². The first kappa shape index (κ1) is 23.7. The maximum Gasteiger partial charge on any atom is 0.244 e. The fourth-order valence-electron chi connectivity index (χ4n) is 3.02. The lowest BCUT2D eigenvalue weighted by molar-refractivity contribution is -0.139. The van der Waals surface area contributed by atoms with Crippen LogP contribution in [0.3, 0.4) is 0 Å². The molecule has 0 spiro atoms. The van der Waals surface area contributed by atoms with Crippen molar-refractivity contribution in [3.05, 3.63) is 64.7 Å². The number of sulfonamides is 1. The molecule has 0 saturated carbocycles. The first-order valence-corrected chi connectivity index (χ1v) is 11.6. The van der Waals surface area contributed by atoms with Gasteiger partial charge in [-0.2, -0.15) is 0 Å². The second-order valence-electron chi connectivity index (χ2n) is 7.05. The van der Waals surface area contributed by atoms with E-state index in [-0.39, 0.29) is 12.5 Å². The zero-order chi connectivity index (χ0) is 22.5. The Kier molecular flexibility index (Phi) is 7.86. The number of nitrogens with zero attached hydrogens (tertiary/aromatic N) is 2. The Morgan fingerprint density at radius 3 is 2.30 bits per heavy atom. The summed E-state index contributed by atoms with van der Waals surface area (Å²) in [5.41, 5.74) is 2.18. The fraction of sp³-hybridized carbons (Fsp3) is 0.333. The SMILES string of the molecule is CNC(=O)C(C)N(Cc1cccc(C)c1)C(=O)CN(c1ccc(Cl)cc1)S(C)(=O)=O. The second kappa shape index (κ2) is 9.95. The molecule has 0 fully saturated rings. The Hall–Kier alpha value is -2.58. The zero-order valence-electron chi connectivity index (χ0n) is 17.4. The number of benzene rings is 2. The molecule has 7 nitrogen and oxygen atoms in total. The lowest BCUT2D eigenvalue weighted by Crippen LogP contribution is -2.50. The fourth-order valence-corrected chi connectivity index (χ4v) is 4.00. The van der Waals surface area contributed by atoms with Gasteiger partial charge in [-0.05, 0) is 43.7 Å². The number of hydrogen-bond acceptors (Lipinski definition) is 4. The van der Waals surface area contributed by atoms with Gasteiger partial charge in [0.1, 0.15) is 12.6 Å². The van der Waals surface area contributed by atoms with Crippen molar-refractivity contribution < 1.29 is 18.0 Å². The van der Waals surface area contributed by atoms with Crippen LogP contribution in [-0.4, -0.2) is 51.0 Å². The van der Waals surface area contributed by atoms with E-state index in [4.69, 9.17) is 11.6 Å². The minimum atomic E-state index is -3.75. The summed E-state index contributed by atoms with van der Waals surface area (Å²) in [4.78, 5) is 26.8. The predicted molar refractivity (Wildman–Crippen MR) is 119 cm³/mol. The number of likely N-dealkylation sites (N-methyl/N-ethyl adjacent to an activating group) is 1. The van der Waals surface area contributed by atoms with Gasteiger partial charge in [-0.15, -0.1) is 0 Å². The second-order valence-corrected chi connectivity index (χ2v) is 9.39. The van der Waals surface area contributed by atoms with Crippen LogP contribution in [0.4, 0.5) is 5.69 Å². The van der Waals surface area contributed by atoms with Crippen molar-refractivity contribution in [2.24, 2.45) is 0 Å². The van der Waals surface area contributed by atoms with Gasteiger partial charge in [0.25, 0.3) is 0 Å². The Morgan fingerprint density at radius 2 is 1.77 bits per heavy atom. The highest BCUT2D eigenvalue weighted by molar-refractivity contribution is 7.92. The predicted octanol–water partition coefficient (Wildman–Crippen LogP) is 2.58. The van der Waals surface area contributed by atoms with Crippen LogP contribution < -0.4 is 9.62 Å². The molecular weight excluding hydrogens is 426 g/mol. The number of hydrogen-bond donors (Lipinski definition) is 1. The molecule has 1 unspecified atom stereocenters. The van der Waals surface area contributed by atoms with Crippen LogP contribution >= 0.6 is 11.6 Å². The molecule has 0 heterocycles. The van der Waals surface area contributed by atoms with Gasteiger partial charge in [0.15, 0.2) is 0 Å². The van der Waals surface area contributed by atoms with Crippen molar-refractivity contribution in [2.45, 2.75) is 26.4 Å². The quantitative estimate of drug-likeness (QED) is 0.668. The maximum absolute atomic E-state index is 13.2. The number of rotatable bonds is 8. The number of nitrogens with one attached hydrogen (secondary N) is 1. The number of carbonyl (C=O) groups is 2. The van der Waals surface area contributed by atoms with E-state index in [9.17, 15) is 18.0 Å². The monoisotopic (exact) mass is 451 g/mol. The molecule has 0 aliphatic carbocycles. The van der Waals surface area contributed by atoms with E-state index < -0.39 is 28.5 Å². The van der Waals surface area contributed by atoms with Gasteiger partial charge in [-0.3, -0.25) is 13.9 Å². The number of halogens is 1. The summed E-state index contributed by atoms with van der Waals surface area (Å²) in [5, 5.41) is 2.99. The molecule has 2 amide bonds. The van der Waals surface area contributed by atoms with Crippen LogP contribution in [0.1, 0.15) is 18.1 Å². The summed E-state index contributed by atoms with van der Waals surface area (Å²) in [7, 11) is -2.26. The Morgan fingerprint density at radius 1 is 1.13 bits per heavy atom. The van der Waals surface area contributed by atoms with Gasteiger partial charge in [0.05, 0.1) is 11.9 Å². The minimum Gasteiger partial charge on any atom is -0.357 e. The van der Waals surface area contributed by atoms with Gasteiger partial charge >= 0.3 is 0 Å². The van der Waals surface area contributed by atoms with Crippen LogP contribution in [-0.2, 0) is 26.2 Å². The van der Waals surface area contributed by atoms with Crippen molar-refractivity contribution in [3.63, 3.8) is 0 Å². The summed E-state index contributed by atoms with van der Waals surface area (Å²) < 4.78 is 25.8. The van der Waals surface area contributed by atoms with Crippen LogP contribution in [0.5, 0.6) is 0 Å². The molecule has 162 valence electrons. The molecule has 30 heavy (non-hydrogen) atoms. The molecule has 0 aliphatic heterocycles. The summed E-state index contributed by atoms with van der Waals surface area (Å²) in [6.45, 7) is 3.28. The molecule has 0 aromatic heterocycles. The number of anilines is 1. The lowest BCUT2D eigenvalue weighted by Gasteiger charge is -2.31. The molecule has 0 radical (unpaired) electrons. The zero-order valence-corrected chi connectivity index (χ0v) is 19.0. The molecule has 2 aromatic rings. The molecule has 0 bridgehead atoms. The minimum absolute atomic E-state index is 0.174. The average Bonchev–Trinajstić information content (AvgIpc) is 2.69. The summed E-state index contributed by atoms with van der Waals surface area (Å²) in [6.07, 6.45) is 1.03. The average molecular weight is 452 g/mol. The van der Waals surface area contributed by atoms with Crippen LogP contribution in [0.2, 0.25) is 5.02 Å². The molecule has 1 N–H and O–H groups in total. The summed E-state index contributed by atoms with van der Waals surface area (Å²) >= 11 is 5.89. The highest BCUT2D eigenvalue weighted by Crippen LogP contribution is 2.21. The van der Waals surface area contributed by atoms with Gasteiger partial charge in [0, 0.05) is 18.6 Å². The first-order chi connectivity index (χ1) is 14.0. The van der Waals surface area contributed by atoms with E-state index in [0.29, 0.717) is 10.7 Å². The smallest absolute Gasteiger partial charge is 0.244 e. The summed E-state index contributed by atoms with van der Waals surface area (Å²) in [6, 6.07) is 13.0. The molecule has 2 aromatic carbocycles. The molecule has 2 rings (SSSR count). The molecule has 1 atom stereocenters. The Bertz CT molecular complexity index is 1010. The van der Waals surface area contributed by atoms with Crippen LogP contribution in [0.25, 0.3) is 0 Å². The Balaban J connectivity index is 2.36. The lowest BCUT2D eigenvalue weighted by atomic mass is 10.1. The Labute approximate surface area is 182 Å².